The van der Waals surface area contributed by atoms with Gasteiger partial charge in [-0.25, -0.2) is 0 Å². The molecule has 3 atom stereocenters. The Morgan fingerprint density at radius 1 is 1.67 bits per heavy atom. The molecule has 0 N–H and O–H groups in total. The average Bonchev–Trinajstić information content (AvgIpc) is 2.06. The average molecular weight is 231 g/mol. The summed E-state index contributed by atoms with van der Waals surface area (Å²) < 4.78 is 5.91. The molecule has 2 bridgehead atoms. The maximum atomic E-state index is 11.1. The Labute approximate surface area is 77.9 Å². The molecule has 0 aromatic rings. The summed E-state index contributed by atoms with van der Waals surface area (Å²) in [5.74, 6) is -0.814. The lowest BCUT2D eigenvalue weighted by Crippen LogP contribution is -2.42. The van der Waals surface area contributed by atoms with E-state index in [1.165, 1.54) is 0 Å². The van der Waals surface area contributed by atoms with E-state index in [0.29, 0.717) is 6.42 Å². The third-order valence-corrected chi connectivity index (χ3v) is 3.07. The van der Waals surface area contributed by atoms with Crippen LogP contribution in [0, 0.1) is 11.8 Å². The molecule has 2 aliphatic heterocycles. The zero-order valence-electron chi connectivity index (χ0n) is 6.20. The number of rotatable bonds is 1. The van der Waals surface area contributed by atoms with Crippen LogP contribution in [-0.4, -0.2) is 18.4 Å². The van der Waals surface area contributed by atoms with Crippen molar-refractivity contribution < 1.29 is 14.3 Å². The summed E-state index contributed by atoms with van der Waals surface area (Å²) in [6.07, 6.45) is 3.02. The van der Waals surface area contributed by atoms with Gasteiger partial charge in [-0.1, -0.05) is 22.0 Å². The number of aldehydes is 1. The summed E-state index contributed by atoms with van der Waals surface area (Å²) in [5.41, 5.74) is 0. The van der Waals surface area contributed by atoms with Gasteiger partial charge in [0.1, 0.15) is 12.4 Å². The Morgan fingerprint density at radius 2 is 2.42 bits per heavy atom. The van der Waals surface area contributed by atoms with E-state index in [1.54, 1.807) is 6.08 Å². The van der Waals surface area contributed by atoms with Crippen molar-refractivity contribution in [2.24, 2.45) is 11.8 Å². The summed E-state index contributed by atoms with van der Waals surface area (Å²) in [4.78, 5) is 21.7. The van der Waals surface area contributed by atoms with Gasteiger partial charge in [0, 0.05) is 10.4 Å². The SMILES string of the molecule is O=C[C@H]1C[C@@H]2OC(=O)[C@H]1C=C2Br. The van der Waals surface area contributed by atoms with Crippen molar-refractivity contribution in [3.05, 3.63) is 10.6 Å². The van der Waals surface area contributed by atoms with E-state index in [9.17, 15) is 9.59 Å². The molecule has 1 aliphatic carbocycles. The van der Waals surface area contributed by atoms with Gasteiger partial charge < -0.3 is 9.53 Å². The highest BCUT2D eigenvalue weighted by atomic mass is 79.9. The molecular weight excluding hydrogens is 224 g/mol. The second kappa shape index (κ2) is 2.69. The summed E-state index contributed by atoms with van der Waals surface area (Å²) in [6, 6.07) is 0. The minimum atomic E-state index is -0.359. The topological polar surface area (TPSA) is 43.4 Å². The molecule has 0 saturated carbocycles. The molecule has 0 unspecified atom stereocenters. The van der Waals surface area contributed by atoms with Gasteiger partial charge in [0.05, 0.1) is 5.92 Å². The summed E-state index contributed by atoms with van der Waals surface area (Å²) in [6.45, 7) is 0. The van der Waals surface area contributed by atoms with Crippen molar-refractivity contribution in [3.8, 4) is 0 Å². The number of fused-ring (bicyclic) bond motifs is 2. The molecule has 0 spiro atoms. The lowest BCUT2D eigenvalue weighted by Gasteiger charge is -2.35. The molecule has 3 aliphatic rings. The van der Waals surface area contributed by atoms with Gasteiger partial charge in [-0.3, -0.25) is 4.79 Å². The number of ether oxygens (including phenoxy) is 1. The highest BCUT2D eigenvalue weighted by Crippen LogP contribution is 2.38. The van der Waals surface area contributed by atoms with Crippen LogP contribution in [0.15, 0.2) is 10.6 Å². The van der Waals surface area contributed by atoms with Crippen molar-refractivity contribution in [3.63, 3.8) is 0 Å². The Bertz CT molecular complexity index is 271. The molecule has 3 rings (SSSR count). The summed E-state index contributed by atoms with van der Waals surface area (Å²) in [7, 11) is 0. The molecule has 2 heterocycles. The van der Waals surface area contributed by atoms with Gasteiger partial charge in [0.2, 0.25) is 0 Å². The van der Waals surface area contributed by atoms with E-state index in [1.807, 2.05) is 0 Å². The van der Waals surface area contributed by atoms with Crippen LogP contribution in [0.2, 0.25) is 0 Å². The Balaban J connectivity index is 2.34. The van der Waals surface area contributed by atoms with E-state index >= 15 is 0 Å². The van der Waals surface area contributed by atoms with Crippen molar-refractivity contribution in [2.45, 2.75) is 12.5 Å². The Hall–Kier alpha value is -0.640. The molecule has 0 aromatic carbocycles. The summed E-state index contributed by atoms with van der Waals surface area (Å²) >= 11 is 3.30. The fourth-order valence-corrected chi connectivity index (χ4v) is 2.18. The maximum Gasteiger partial charge on any atom is 0.314 e. The minimum absolute atomic E-state index is 0.183. The molecule has 3 nitrogen and oxygen atoms in total. The molecule has 12 heavy (non-hydrogen) atoms. The molecule has 0 aromatic heterocycles. The van der Waals surface area contributed by atoms with Crippen LogP contribution in [0.5, 0.6) is 0 Å². The fraction of sp³-hybridized carbons (Fsp3) is 0.500. The van der Waals surface area contributed by atoms with E-state index in [-0.39, 0.29) is 23.9 Å². The van der Waals surface area contributed by atoms with Gasteiger partial charge in [-0.15, -0.1) is 0 Å². The van der Waals surface area contributed by atoms with Crippen molar-refractivity contribution in [2.75, 3.05) is 0 Å². The van der Waals surface area contributed by atoms with Gasteiger partial charge >= 0.3 is 5.97 Å². The zero-order chi connectivity index (χ0) is 8.72. The van der Waals surface area contributed by atoms with Gasteiger partial charge in [0.25, 0.3) is 0 Å². The predicted molar refractivity (Wildman–Crippen MR) is 44.6 cm³/mol. The number of halogens is 1. The van der Waals surface area contributed by atoms with Crippen LogP contribution in [0.25, 0.3) is 0 Å². The van der Waals surface area contributed by atoms with Crippen molar-refractivity contribution in [1.82, 2.24) is 0 Å². The Morgan fingerprint density at radius 3 is 3.00 bits per heavy atom. The van der Waals surface area contributed by atoms with Crippen molar-refractivity contribution in [1.29, 1.82) is 0 Å². The summed E-state index contributed by atoms with van der Waals surface area (Å²) in [5, 5.41) is 0. The lowest BCUT2D eigenvalue weighted by molar-refractivity contribution is -0.162. The standard InChI is InChI=1S/C8H7BrO3/c9-6-2-5-4(3-10)1-7(6)12-8(5)11/h2-5,7H,1H2/t4-,5+,7+/m1/s1. The first-order valence-corrected chi connectivity index (χ1v) is 4.54. The number of esters is 1. The van der Waals surface area contributed by atoms with Gasteiger partial charge in [0.15, 0.2) is 0 Å². The first-order valence-electron chi connectivity index (χ1n) is 3.75. The maximum absolute atomic E-state index is 11.1. The largest absolute Gasteiger partial charge is 0.456 e. The van der Waals surface area contributed by atoms with Crippen molar-refractivity contribution >= 4 is 28.2 Å². The van der Waals surface area contributed by atoms with Crippen LogP contribution in [0.3, 0.4) is 0 Å². The zero-order valence-corrected chi connectivity index (χ0v) is 7.78. The van der Waals surface area contributed by atoms with Gasteiger partial charge in [-0.05, 0) is 6.42 Å². The van der Waals surface area contributed by atoms with Crippen LogP contribution < -0.4 is 0 Å². The quantitative estimate of drug-likeness (QED) is 0.500. The third kappa shape index (κ3) is 1.02. The first kappa shape index (κ1) is 7.98. The Kier molecular flexibility index (Phi) is 1.79. The second-order valence-electron chi connectivity index (χ2n) is 3.04. The van der Waals surface area contributed by atoms with E-state index in [2.05, 4.69) is 15.9 Å². The predicted octanol–water partition coefficient (Wildman–Crippen LogP) is 1.03. The van der Waals surface area contributed by atoms with E-state index < -0.39 is 0 Å². The molecule has 64 valence electrons. The fourth-order valence-electron chi connectivity index (χ4n) is 1.62. The van der Waals surface area contributed by atoms with Crippen LogP contribution in [0.4, 0.5) is 0 Å². The normalized spacial score (nSPS) is 38.9. The first-order chi connectivity index (χ1) is 5.72. The molecule has 0 amide bonds. The minimum Gasteiger partial charge on any atom is -0.456 e. The van der Waals surface area contributed by atoms with E-state index in [4.69, 9.17) is 4.74 Å². The number of carbonyl (C=O) groups is 2. The molecule has 0 radical (unpaired) electrons. The third-order valence-electron chi connectivity index (χ3n) is 2.30. The van der Waals surface area contributed by atoms with Crippen LogP contribution in [0.1, 0.15) is 6.42 Å². The number of hydrogen-bond acceptors (Lipinski definition) is 3. The van der Waals surface area contributed by atoms with Gasteiger partial charge in [-0.2, -0.15) is 0 Å². The van der Waals surface area contributed by atoms with Crippen LogP contribution >= 0.6 is 15.9 Å². The smallest absolute Gasteiger partial charge is 0.314 e. The monoisotopic (exact) mass is 230 g/mol. The molecule has 1 fully saturated rings. The highest BCUT2D eigenvalue weighted by molar-refractivity contribution is 9.11. The molecular formula is C8H7BrO3. The number of hydrogen-bond donors (Lipinski definition) is 0. The number of carbonyl (C=O) groups excluding carboxylic acids is 2. The molecule has 1 saturated heterocycles. The molecule has 4 heteroatoms. The highest BCUT2D eigenvalue weighted by Gasteiger charge is 2.42. The second-order valence-corrected chi connectivity index (χ2v) is 3.95. The lowest BCUT2D eigenvalue weighted by atomic mass is 9.81. The van der Waals surface area contributed by atoms with E-state index in [0.717, 1.165) is 10.8 Å². The van der Waals surface area contributed by atoms with Crippen LogP contribution in [-0.2, 0) is 14.3 Å².